The van der Waals surface area contributed by atoms with E-state index < -0.39 is 100 Å². The van der Waals surface area contributed by atoms with E-state index in [4.69, 9.17) is 4.74 Å². The number of carbonyl (C=O) groups excluding carboxylic acids is 9. The van der Waals surface area contributed by atoms with Gasteiger partial charge >= 0.3 is 6.09 Å². The first-order chi connectivity index (χ1) is 46.1. The summed E-state index contributed by atoms with van der Waals surface area (Å²) in [4.78, 5) is 135. The number of amides is 9. The average Bonchev–Trinajstić information content (AvgIpc) is 0.895. The summed E-state index contributed by atoms with van der Waals surface area (Å²) in [7, 11) is 1.32. The second-order valence-electron chi connectivity index (χ2n) is 24.8. The molecule has 1 aliphatic heterocycles. The molecule has 506 valence electrons. The van der Waals surface area contributed by atoms with E-state index in [0.717, 1.165) is 32.5 Å². The van der Waals surface area contributed by atoms with Gasteiger partial charge in [-0.25, -0.2) is 4.79 Å². The normalized spacial score (nSPS) is 18.9. The van der Waals surface area contributed by atoms with Crippen LogP contribution in [0.2, 0.25) is 0 Å². The van der Waals surface area contributed by atoms with E-state index in [-0.39, 0.29) is 82.0 Å². The maximum Gasteiger partial charge on any atom is 0.407 e. The monoisotopic (exact) mass is 1330 g/mol. The lowest BCUT2D eigenvalue weighted by molar-refractivity contribution is -0.144. The number of aliphatic hydroxyl groups excluding tert-OH is 1. The molecule has 0 radical (unpaired) electrons. The number of fused-ring (bicyclic) bond motifs is 1. The van der Waals surface area contributed by atoms with E-state index in [2.05, 4.69) is 47.5 Å². The number of carbonyl (C=O) groups is 9. The number of ether oxygens (including phenoxy) is 1. The molecule has 96 heavy (non-hydrogen) atoms. The van der Waals surface area contributed by atoms with Crippen molar-refractivity contribution >= 4 is 76.0 Å². The van der Waals surface area contributed by atoms with Crippen molar-refractivity contribution in [1.82, 2.24) is 52.4 Å². The molecule has 7 aromatic rings. The lowest BCUT2D eigenvalue weighted by atomic mass is 9.84. The number of phenols is 1. The van der Waals surface area contributed by atoms with Gasteiger partial charge in [-0.1, -0.05) is 152 Å². The molecule has 22 nitrogen and oxygen atoms in total. The molecular weight excluding hydrogens is 1240 g/mol. The van der Waals surface area contributed by atoms with Crippen molar-refractivity contribution in [2.24, 2.45) is 0 Å². The first-order valence-corrected chi connectivity index (χ1v) is 33.2. The summed E-state index contributed by atoms with van der Waals surface area (Å²) in [6.07, 6.45) is -1.29. The van der Waals surface area contributed by atoms with Crippen LogP contribution in [0, 0.1) is 0 Å². The Bertz CT molecular complexity index is 3660. The highest BCUT2D eigenvalue weighted by Gasteiger charge is 2.40. The van der Waals surface area contributed by atoms with Crippen LogP contribution < -0.4 is 42.5 Å². The van der Waals surface area contributed by atoms with E-state index in [1.165, 1.54) is 37.9 Å². The lowest BCUT2D eigenvalue weighted by Gasteiger charge is -2.35. The number of unbranched alkanes of at least 4 members (excludes halogenated alkanes) is 1. The van der Waals surface area contributed by atoms with Crippen molar-refractivity contribution in [2.75, 3.05) is 32.4 Å². The number of benzene rings is 6. The van der Waals surface area contributed by atoms with Gasteiger partial charge in [0.05, 0.1) is 16.6 Å². The molecule has 0 saturated carbocycles. The third-order valence-corrected chi connectivity index (χ3v) is 18.0. The van der Waals surface area contributed by atoms with Crippen LogP contribution in [0.1, 0.15) is 93.2 Å². The molecule has 11 N–H and O–H groups in total. The van der Waals surface area contributed by atoms with Crippen molar-refractivity contribution in [3.05, 3.63) is 209 Å². The summed E-state index contributed by atoms with van der Waals surface area (Å²) < 4.78 is 4.61. The second-order valence-corrected chi connectivity index (χ2v) is 26.0. The number of aliphatic hydroxyl groups is 1. The number of phenolic OH excluding ortho intramolecular Hbond substituents is 1. The van der Waals surface area contributed by atoms with Crippen LogP contribution in [0.3, 0.4) is 0 Å². The number of H-pyrrole nitrogens is 1. The summed E-state index contributed by atoms with van der Waals surface area (Å²) in [6.45, 7) is 6.59. The van der Waals surface area contributed by atoms with E-state index in [9.17, 15) is 34.2 Å². The topological polar surface area (TPSA) is 319 Å². The Morgan fingerprint density at radius 1 is 0.552 bits per heavy atom. The zero-order valence-corrected chi connectivity index (χ0v) is 55.4. The second kappa shape index (κ2) is 34.4. The van der Waals surface area contributed by atoms with E-state index in [1.807, 2.05) is 109 Å². The number of thioether (sulfide) groups is 1. The maximum atomic E-state index is 15.3. The highest BCUT2D eigenvalue weighted by molar-refractivity contribution is 8.01. The van der Waals surface area contributed by atoms with Gasteiger partial charge in [0.15, 0.2) is 0 Å². The number of aromatic hydroxyl groups is 1. The number of para-hydroxylation sites is 1. The zero-order chi connectivity index (χ0) is 68.8. The van der Waals surface area contributed by atoms with E-state index >= 15 is 19.2 Å². The minimum absolute atomic E-state index is 0.00944. The number of nitrogens with one attached hydrogen (secondary N) is 9. The van der Waals surface area contributed by atoms with Gasteiger partial charge in [-0.2, -0.15) is 0 Å². The minimum atomic E-state index is -1.72. The van der Waals surface area contributed by atoms with Crippen LogP contribution in [0.25, 0.3) is 10.9 Å². The van der Waals surface area contributed by atoms with Gasteiger partial charge in [0.2, 0.25) is 47.3 Å². The molecule has 0 aliphatic carbocycles. The summed E-state index contributed by atoms with van der Waals surface area (Å²) in [6, 6.07) is 42.6. The molecule has 2 heterocycles. The first kappa shape index (κ1) is 71.8. The first-order valence-electron chi connectivity index (χ1n) is 32.2. The fraction of sp³-hybridized carbons (Fsp3) is 0.356. The van der Waals surface area contributed by atoms with Crippen molar-refractivity contribution in [1.29, 1.82) is 0 Å². The van der Waals surface area contributed by atoms with Crippen molar-refractivity contribution < 1.29 is 58.1 Å². The molecule has 1 fully saturated rings. The molecule has 1 aromatic heterocycles. The Labute approximate surface area is 563 Å². The Morgan fingerprint density at radius 3 is 1.65 bits per heavy atom. The molecule has 0 bridgehead atoms. The number of aromatic amines is 1. The predicted octanol–water partition coefficient (Wildman–Crippen LogP) is 5.98. The van der Waals surface area contributed by atoms with Crippen molar-refractivity contribution in [2.45, 2.75) is 132 Å². The number of nitrogens with zero attached hydrogens (tertiary/aromatic N) is 1. The summed E-state index contributed by atoms with van der Waals surface area (Å²) in [5.41, 5.74) is 4.56. The number of hydrogen-bond donors (Lipinski definition) is 11. The van der Waals surface area contributed by atoms with E-state index in [0.29, 0.717) is 23.1 Å². The SMILES string of the molecule is C[C@@H](O)[C@@H]1NC(=O)[C@H](CCCCNC(=O)OC(C)(C)C)NC(=O)[C@@H](Cc2c[nH]c3ccccc23)NC(=O)[C@H](Cc2ccc(O)cc2)NC(=O)[C@H](CCC(=O)NCCNC(=O)CSC(c2ccccc2)(c2ccccc2)c2ccccc2)N(C)C(=O)[C@H](Cc2ccccc2)NC1=O. The number of hydrogen-bond acceptors (Lipinski definition) is 13. The summed E-state index contributed by atoms with van der Waals surface area (Å²) in [5.74, 6) is -6.13. The molecule has 1 aliphatic rings. The largest absolute Gasteiger partial charge is 0.508 e. The van der Waals surface area contributed by atoms with E-state index in [1.54, 1.807) is 75.5 Å². The molecule has 0 unspecified atom stereocenters. The number of aromatic nitrogens is 1. The Hall–Kier alpha value is -10.0. The standard InChI is InChI=1S/C73H86N10O12S/c1-47(84)64-69(92)81-60(43-48-22-10-6-11-23-48)70(93)83(5)61(37-38-62(86)74-40-41-75-63(87)46-96-73(51-24-12-7-13-25-51,52-26-14-8-15-27-52)53-28-16-9-17-29-53)68(91)80-58(42-49-33-35-54(85)36-34-49)66(89)79-59(44-50-45-77-56-31-19-18-30-55(50)56)67(90)78-57(65(88)82-64)32-20-21-39-76-71(94)95-72(2,3)4/h6-19,22-31,33-36,45,47,57-61,64,77,84-85H,20-21,32,37-44,46H2,1-5H3,(H,74,86)(H,75,87)(H,76,94)(H,78,90)(H,79,89)(H,80,91)(H,81,92)(H,82,88)/t47-,57+,58+,59-,60+,61+,64+/m1/s1. The average molecular weight is 1330 g/mol. The summed E-state index contributed by atoms with van der Waals surface area (Å²) in [5, 5.41) is 44.4. The number of rotatable bonds is 24. The molecule has 1 saturated heterocycles. The Morgan fingerprint density at radius 2 is 1.05 bits per heavy atom. The van der Waals surface area contributed by atoms with Gasteiger partial charge in [0.1, 0.15) is 47.6 Å². The Kier molecular flexibility index (Phi) is 25.8. The van der Waals surface area contributed by atoms with Gasteiger partial charge in [0.25, 0.3) is 0 Å². The molecule has 0 spiro atoms. The zero-order valence-electron chi connectivity index (χ0n) is 54.6. The maximum absolute atomic E-state index is 15.3. The molecule has 8 rings (SSSR count). The molecule has 6 aromatic carbocycles. The van der Waals surface area contributed by atoms with Crippen molar-refractivity contribution in [3.8, 4) is 5.75 Å². The highest BCUT2D eigenvalue weighted by atomic mass is 32.2. The Balaban J connectivity index is 1.06. The summed E-state index contributed by atoms with van der Waals surface area (Å²) >= 11 is 1.46. The number of likely N-dealkylation sites (N-methyl/N-ethyl adjacent to an activating group) is 1. The highest BCUT2D eigenvalue weighted by Crippen LogP contribution is 2.48. The van der Waals surface area contributed by atoms with Crippen LogP contribution in [0.15, 0.2) is 176 Å². The third-order valence-electron chi connectivity index (χ3n) is 16.4. The van der Waals surface area contributed by atoms with Crippen LogP contribution in [-0.2, 0) is 67.1 Å². The molecule has 23 heteroatoms. The van der Waals surface area contributed by atoms with Crippen LogP contribution >= 0.6 is 11.8 Å². The fourth-order valence-corrected chi connectivity index (χ4v) is 12.8. The lowest BCUT2D eigenvalue weighted by Crippen LogP contribution is -2.63. The molecular formula is C73H86N10O12S. The van der Waals surface area contributed by atoms with Crippen LogP contribution in [0.5, 0.6) is 5.75 Å². The van der Waals surface area contributed by atoms with Gasteiger partial charge in [-0.3, -0.25) is 38.4 Å². The predicted molar refractivity (Wildman–Crippen MR) is 367 cm³/mol. The van der Waals surface area contributed by atoms with Crippen LogP contribution in [0.4, 0.5) is 4.79 Å². The fourth-order valence-electron chi connectivity index (χ4n) is 11.5. The van der Waals surface area contributed by atoms with Crippen molar-refractivity contribution in [3.63, 3.8) is 0 Å². The smallest absolute Gasteiger partial charge is 0.407 e. The minimum Gasteiger partial charge on any atom is -0.508 e. The van der Waals surface area contributed by atoms with Gasteiger partial charge < -0.3 is 67.4 Å². The van der Waals surface area contributed by atoms with Gasteiger partial charge in [-0.05, 0) is 105 Å². The molecule has 9 amide bonds. The molecule has 7 atom stereocenters. The number of alkyl carbamates (subject to hydrolysis) is 1. The van der Waals surface area contributed by atoms with Gasteiger partial charge in [-0.15, -0.1) is 11.8 Å². The van der Waals surface area contributed by atoms with Gasteiger partial charge in [0, 0.05) is 69.5 Å². The van der Waals surface area contributed by atoms with Crippen LogP contribution in [-0.4, -0.2) is 154 Å². The quantitative estimate of drug-likeness (QED) is 0.0245. The third kappa shape index (κ3) is 20.3.